The molecule has 194 valence electrons. The van der Waals surface area contributed by atoms with E-state index in [1.807, 2.05) is 6.07 Å². The lowest BCUT2D eigenvalue weighted by Crippen LogP contribution is -2.74. The lowest BCUT2D eigenvalue weighted by molar-refractivity contribution is -0.164. The number of amides is 1. The second-order valence-electron chi connectivity index (χ2n) is 10.9. The first-order valence-corrected chi connectivity index (χ1v) is 12.8. The van der Waals surface area contributed by atoms with Gasteiger partial charge in [0.2, 0.25) is 5.82 Å². The number of aliphatic hydroxyl groups excluding tert-OH is 1. The predicted octanol–water partition coefficient (Wildman–Crippen LogP) is 3.42. The van der Waals surface area contributed by atoms with E-state index in [1.54, 1.807) is 18.2 Å². The van der Waals surface area contributed by atoms with Crippen molar-refractivity contribution in [3.63, 3.8) is 0 Å². The standard InChI is InChI=1S/C28H32ClN5O3/c1-27(2)25(28(3,4)26(27)37-21-8-7-18(15-30)22(29)14-21)33-24(36)19-16-31-23(32-17-19)6-5-11-34-12-9-20(35)10-13-34/h7-8,14,16-17,20,25-26,35H,9-13H2,1-4H3,(H,33,36). The number of benzene rings is 1. The van der Waals surface area contributed by atoms with E-state index in [-0.39, 0.29) is 35.0 Å². The van der Waals surface area contributed by atoms with E-state index in [2.05, 4.69) is 59.7 Å². The first kappa shape index (κ1) is 26.9. The van der Waals surface area contributed by atoms with Crippen molar-refractivity contribution in [2.75, 3.05) is 19.6 Å². The van der Waals surface area contributed by atoms with Gasteiger partial charge in [-0.1, -0.05) is 45.2 Å². The summed E-state index contributed by atoms with van der Waals surface area (Å²) in [5.41, 5.74) is 0.0331. The number of halogens is 1. The van der Waals surface area contributed by atoms with Crippen molar-refractivity contribution in [1.29, 1.82) is 5.26 Å². The fourth-order valence-corrected chi connectivity index (χ4v) is 5.84. The molecule has 1 aliphatic heterocycles. The van der Waals surface area contributed by atoms with Crippen molar-refractivity contribution >= 4 is 17.5 Å². The SMILES string of the molecule is CC1(C)C(NC(=O)c2cnc(C#CCN3CCC(O)CC3)nc2)C(C)(C)C1Oc1ccc(C#N)c(Cl)c1. The van der Waals surface area contributed by atoms with Crippen LogP contribution in [0, 0.1) is 34.0 Å². The number of nitrogens with one attached hydrogen (secondary N) is 1. The number of hydrogen-bond acceptors (Lipinski definition) is 7. The van der Waals surface area contributed by atoms with Crippen molar-refractivity contribution in [3.05, 3.63) is 52.6 Å². The number of ether oxygens (including phenoxy) is 1. The Balaban J connectivity index is 1.36. The van der Waals surface area contributed by atoms with Gasteiger partial charge in [-0.25, -0.2) is 9.97 Å². The highest BCUT2D eigenvalue weighted by Crippen LogP contribution is 2.55. The minimum absolute atomic E-state index is 0.158. The highest BCUT2D eigenvalue weighted by atomic mass is 35.5. The third kappa shape index (κ3) is 5.72. The maximum atomic E-state index is 13.0. The Bertz CT molecular complexity index is 1240. The normalized spacial score (nSPS) is 22.6. The molecule has 2 aliphatic rings. The Labute approximate surface area is 223 Å². The molecule has 1 amide bonds. The molecular formula is C28H32ClN5O3. The van der Waals surface area contributed by atoms with Crippen LogP contribution in [0.3, 0.4) is 0 Å². The summed E-state index contributed by atoms with van der Waals surface area (Å²) in [6.07, 6.45) is 4.14. The molecule has 0 bridgehead atoms. The summed E-state index contributed by atoms with van der Waals surface area (Å²) in [7, 11) is 0. The van der Waals surface area contributed by atoms with Gasteiger partial charge in [0.05, 0.1) is 28.8 Å². The fraction of sp³-hybridized carbons (Fsp3) is 0.500. The van der Waals surface area contributed by atoms with Crippen LogP contribution in [0.4, 0.5) is 0 Å². The lowest BCUT2D eigenvalue weighted by atomic mass is 9.49. The molecule has 0 spiro atoms. The second-order valence-corrected chi connectivity index (χ2v) is 11.3. The molecule has 4 rings (SSSR count). The number of carbonyl (C=O) groups is 1. The van der Waals surface area contributed by atoms with Gasteiger partial charge in [-0.3, -0.25) is 9.69 Å². The summed E-state index contributed by atoms with van der Waals surface area (Å²) in [6, 6.07) is 6.92. The Hall–Kier alpha value is -3.17. The first-order chi connectivity index (χ1) is 17.5. The highest BCUT2D eigenvalue weighted by Gasteiger charge is 2.64. The molecule has 1 saturated carbocycles. The quantitative estimate of drug-likeness (QED) is 0.580. The summed E-state index contributed by atoms with van der Waals surface area (Å²) in [5.74, 6) is 6.72. The van der Waals surface area contributed by atoms with Crippen molar-refractivity contribution in [2.24, 2.45) is 10.8 Å². The van der Waals surface area contributed by atoms with Crippen LogP contribution in [-0.2, 0) is 0 Å². The third-order valence-corrected chi connectivity index (χ3v) is 7.72. The average Bonchev–Trinajstić information content (AvgIpc) is 2.87. The van der Waals surface area contributed by atoms with E-state index in [9.17, 15) is 9.90 Å². The van der Waals surface area contributed by atoms with E-state index >= 15 is 0 Å². The van der Waals surface area contributed by atoms with Crippen molar-refractivity contribution in [3.8, 4) is 23.7 Å². The maximum absolute atomic E-state index is 13.0. The van der Waals surface area contributed by atoms with Gasteiger partial charge in [0.1, 0.15) is 17.9 Å². The predicted molar refractivity (Wildman–Crippen MR) is 140 cm³/mol. The van der Waals surface area contributed by atoms with Gasteiger partial charge >= 0.3 is 0 Å². The lowest BCUT2D eigenvalue weighted by Gasteiger charge is -2.63. The van der Waals surface area contributed by atoms with E-state index in [4.69, 9.17) is 21.6 Å². The first-order valence-electron chi connectivity index (χ1n) is 12.4. The smallest absolute Gasteiger partial charge is 0.254 e. The summed E-state index contributed by atoms with van der Waals surface area (Å²) in [5, 5.41) is 22.2. The molecule has 1 saturated heterocycles. The molecule has 8 nitrogen and oxygen atoms in total. The number of hydrogen-bond donors (Lipinski definition) is 2. The van der Waals surface area contributed by atoms with Crippen molar-refractivity contribution in [2.45, 2.75) is 58.8 Å². The van der Waals surface area contributed by atoms with Crippen LogP contribution in [0.1, 0.15) is 62.3 Å². The molecule has 2 heterocycles. The highest BCUT2D eigenvalue weighted by molar-refractivity contribution is 6.31. The number of rotatable bonds is 5. The van der Waals surface area contributed by atoms with Crippen molar-refractivity contribution < 1.29 is 14.6 Å². The third-order valence-electron chi connectivity index (χ3n) is 7.40. The molecule has 2 N–H and O–H groups in total. The zero-order valence-electron chi connectivity index (χ0n) is 21.6. The molecule has 1 aromatic heterocycles. The molecule has 9 heteroatoms. The Morgan fingerprint density at radius 3 is 2.46 bits per heavy atom. The molecule has 1 aromatic carbocycles. The van der Waals surface area contributed by atoms with Gasteiger partial charge in [-0.15, -0.1) is 0 Å². The van der Waals surface area contributed by atoms with E-state index in [0.29, 0.717) is 34.3 Å². The van der Waals surface area contributed by atoms with Crippen LogP contribution < -0.4 is 10.1 Å². The molecular weight excluding hydrogens is 490 g/mol. The molecule has 0 atom stereocenters. The van der Waals surface area contributed by atoms with Crippen molar-refractivity contribution in [1.82, 2.24) is 20.2 Å². The number of carbonyl (C=O) groups excluding carboxylic acids is 1. The van der Waals surface area contributed by atoms with E-state index < -0.39 is 0 Å². The van der Waals surface area contributed by atoms with Crippen LogP contribution in [0.25, 0.3) is 0 Å². The van der Waals surface area contributed by atoms with E-state index in [0.717, 1.165) is 25.9 Å². The van der Waals surface area contributed by atoms with Gasteiger partial charge in [-0.05, 0) is 30.9 Å². The van der Waals surface area contributed by atoms with Gasteiger partial charge < -0.3 is 15.2 Å². The average molecular weight is 522 g/mol. The number of nitrogens with zero attached hydrogens (tertiary/aromatic N) is 4. The molecule has 2 aromatic rings. The Morgan fingerprint density at radius 1 is 1.22 bits per heavy atom. The van der Waals surface area contributed by atoms with Crippen LogP contribution in [-0.4, -0.2) is 63.8 Å². The van der Waals surface area contributed by atoms with Gasteiger partial charge in [-0.2, -0.15) is 5.26 Å². The van der Waals surface area contributed by atoms with E-state index in [1.165, 1.54) is 12.4 Å². The number of aliphatic hydroxyl groups is 1. The van der Waals surface area contributed by atoms with Crippen LogP contribution in [0.15, 0.2) is 30.6 Å². The van der Waals surface area contributed by atoms with Crippen LogP contribution in [0.2, 0.25) is 5.02 Å². The second kappa shape index (κ2) is 10.7. The molecule has 2 fully saturated rings. The summed E-state index contributed by atoms with van der Waals surface area (Å²) < 4.78 is 6.28. The molecule has 1 aliphatic carbocycles. The number of nitriles is 1. The van der Waals surface area contributed by atoms with Crippen LogP contribution >= 0.6 is 11.6 Å². The zero-order valence-corrected chi connectivity index (χ0v) is 22.3. The minimum Gasteiger partial charge on any atom is -0.489 e. The van der Waals surface area contributed by atoms with Crippen LogP contribution in [0.5, 0.6) is 5.75 Å². The molecule has 0 radical (unpaired) electrons. The topological polar surface area (TPSA) is 111 Å². The zero-order chi connectivity index (χ0) is 26.8. The Kier molecular flexibility index (Phi) is 7.75. The summed E-state index contributed by atoms with van der Waals surface area (Å²) in [6.45, 7) is 10.5. The van der Waals surface area contributed by atoms with Gasteiger partial charge in [0.15, 0.2) is 0 Å². The summed E-state index contributed by atoms with van der Waals surface area (Å²) >= 11 is 6.17. The summed E-state index contributed by atoms with van der Waals surface area (Å²) in [4.78, 5) is 23.7. The number of piperidine rings is 1. The minimum atomic E-state index is -0.365. The number of aromatic nitrogens is 2. The molecule has 37 heavy (non-hydrogen) atoms. The number of likely N-dealkylation sites (tertiary alicyclic amines) is 1. The van der Waals surface area contributed by atoms with Gasteiger partial charge in [0.25, 0.3) is 5.91 Å². The fourth-order valence-electron chi connectivity index (χ4n) is 5.63. The maximum Gasteiger partial charge on any atom is 0.254 e. The Morgan fingerprint density at radius 2 is 1.86 bits per heavy atom. The monoisotopic (exact) mass is 521 g/mol. The molecule has 0 unspecified atom stereocenters. The largest absolute Gasteiger partial charge is 0.489 e. The van der Waals surface area contributed by atoms with Gasteiger partial charge in [0, 0.05) is 48.4 Å².